The van der Waals surface area contributed by atoms with Crippen molar-refractivity contribution in [3.63, 3.8) is 0 Å². The predicted octanol–water partition coefficient (Wildman–Crippen LogP) is 2.53. The summed E-state index contributed by atoms with van der Waals surface area (Å²) in [6, 6.07) is 4.18. The highest BCUT2D eigenvalue weighted by Gasteiger charge is 2.22. The number of methoxy groups -OCH3 is 2. The lowest BCUT2D eigenvalue weighted by Crippen LogP contribution is -2.36. The van der Waals surface area contributed by atoms with Crippen LogP contribution in [0.5, 0.6) is 11.5 Å². The summed E-state index contributed by atoms with van der Waals surface area (Å²) in [5, 5.41) is 3.41. The minimum absolute atomic E-state index is 0.172. The van der Waals surface area contributed by atoms with Gasteiger partial charge in [-0.15, -0.1) is 0 Å². The Morgan fingerprint density at radius 1 is 1.35 bits per heavy atom. The summed E-state index contributed by atoms with van der Waals surface area (Å²) in [5.74, 6) is 1.91. The molecule has 0 bridgehead atoms. The second kappa shape index (κ2) is 6.02. The summed E-state index contributed by atoms with van der Waals surface area (Å²) in [6.45, 7) is 7.73. The Balaban J connectivity index is 2.06. The van der Waals surface area contributed by atoms with E-state index in [9.17, 15) is 0 Å². The van der Waals surface area contributed by atoms with Gasteiger partial charge in [0.05, 0.1) is 12.7 Å². The molecule has 0 saturated heterocycles. The van der Waals surface area contributed by atoms with Crippen LogP contribution in [0.15, 0.2) is 12.1 Å². The molecular weight excluding hydrogens is 254 g/mol. The molecule has 20 heavy (non-hydrogen) atoms. The van der Waals surface area contributed by atoms with Gasteiger partial charge in [0.25, 0.3) is 0 Å². The maximum absolute atomic E-state index is 5.81. The van der Waals surface area contributed by atoms with Crippen LogP contribution >= 0.6 is 0 Å². The molecule has 1 atom stereocenters. The summed E-state index contributed by atoms with van der Waals surface area (Å²) in [5.41, 5.74) is 2.18. The first-order valence-corrected chi connectivity index (χ1v) is 7.07. The molecule has 1 aliphatic rings. The van der Waals surface area contributed by atoms with Crippen molar-refractivity contribution in [2.75, 3.05) is 20.8 Å². The lowest BCUT2D eigenvalue weighted by molar-refractivity contribution is 0.0230. The minimum Gasteiger partial charge on any atom is -0.496 e. The smallest absolute Gasteiger partial charge is 0.123 e. The van der Waals surface area contributed by atoms with Gasteiger partial charge in [-0.25, -0.2) is 0 Å². The number of nitrogens with one attached hydrogen (secondary N) is 1. The average Bonchev–Trinajstić information content (AvgIpc) is 2.76. The van der Waals surface area contributed by atoms with E-state index in [1.54, 1.807) is 14.2 Å². The van der Waals surface area contributed by atoms with Gasteiger partial charge in [-0.1, -0.05) is 0 Å². The van der Waals surface area contributed by atoms with Crippen LogP contribution in [0, 0.1) is 0 Å². The number of fused-ring (bicyclic) bond motifs is 1. The van der Waals surface area contributed by atoms with Gasteiger partial charge < -0.3 is 19.5 Å². The molecule has 1 heterocycles. The molecule has 112 valence electrons. The van der Waals surface area contributed by atoms with E-state index in [0.717, 1.165) is 36.6 Å². The highest BCUT2D eigenvalue weighted by molar-refractivity contribution is 5.48. The number of ether oxygens (including phenoxy) is 3. The average molecular weight is 279 g/mol. The van der Waals surface area contributed by atoms with Crippen molar-refractivity contribution in [1.82, 2.24) is 5.32 Å². The molecule has 1 unspecified atom stereocenters. The van der Waals surface area contributed by atoms with Gasteiger partial charge in [-0.3, -0.25) is 0 Å². The Bertz CT molecular complexity index is 471. The molecule has 2 rings (SSSR count). The zero-order valence-electron chi connectivity index (χ0n) is 13.1. The van der Waals surface area contributed by atoms with E-state index in [4.69, 9.17) is 14.2 Å². The van der Waals surface area contributed by atoms with Crippen molar-refractivity contribution in [1.29, 1.82) is 0 Å². The van der Waals surface area contributed by atoms with Gasteiger partial charge in [0.15, 0.2) is 0 Å². The molecule has 0 amide bonds. The number of hydrogen-bond donors (Lipinski definition) is 1. The minimum atomic E-state index is -0.172. The fourth-order valence-electron chi connectivity index (χ4n) is 2.38. The number of hydrogen-bond acceptors (Lipinski definition) is 4. The maximum Gasteiger partial charge on any atom is 0.123 e. The van der Waals surface area contributed by atoms with Crippen LogP contribution < -0.4 is 14.8 Å². The van der Waals surface area contributed by atoms with Crippen LogP contribution in [0.3, 0.4) is 0 Å². The van der Waals surface area contributed by atoms with Crippen LogP contribution in [0.25, 0.3) is 0 Å². The Morgan fingerprint density at radius 3 is 2.75 bits per heavy atom. The molecule has 0 spiro atoms. The summed E-state index contributed by atoms with van der Waals surface area (Å²) in [7, 11) is 3.44. The molecular formula is C16H25NO3. The van der Waals surface area contributed by atoms with Crippen LogP contribution in [0.1, 0.15) is 31.9 Å². The normalized spacial score (nSPS) is 17.8. The zero-order valence-corrected chi connectivity index (χ0v) is 13.1. The maximum atomic E-state index is 5.81. The number of benzene rings is 1. The first-order chi connectivity index (χ1) is 9.45. The third-order valence-corrected chi connectivity index (χ3v) is 3.72. The van der Waals surface area contributed by atoms with E-state index in [-0.39, 0.29) is 11.7 Å². The first-order valence-electron chi connectivity index (χ1n) is 7.07. The van der Waals surface area contributed by atoms with Gasteiger partial charge in [0, 0.05) is 37.7 Å². The van der Waals surface area contributed by atoms with Gasteiger partial charge in [0.2, 0.25) is 0 Å². The second-order valence-electron chi connectivity index (χ2n) is 5.97. The highest BCUT2D eigenvalue weighted by atomic mass is 16.5. The van der Waals surface area contributed by atoms with Crippen molar-refractivity contribution < 1.29 is 14.2 Å². The Labute approximate surface area is 121 Å². The number of rotatable bonds is 6. The van der Waals surface area contributed by atoms with Crippen LogP contribution in [-0.4, -0.2) is 32.5 Å². The third-order valence-electron chi connectivity index (χ3n) is 3.72. The fraction of sp³-hybridized carbons (Fsp3) is 0.625. The Kier molecular flexibility index (Phi) is 4.55. The molecule has 1 N–H and O–H groups in total. The van der Waals surface area contributed by atoms with Crippen molar-refractivity contribution in [3.8, 4) is 11.5 Å². The van der Waals surface area contributed by atoms with Crippen LogP contribution in [0.4, 0.5) is 0 Å². The van der Waals surface area contributed by atoms with Gasteiger partial charge in [-0.2, -0.15) is 0 Å². The molecule has 1 aromatic carbocycles. The van der Waals surface area contributed by atoms with Crippen LogP contribution in [0.2, 0.25) is 0 Å². The van der Waals surface area contributed by atoms with Gasteiger partial charge >= 0.3 is 0 Å². The van der Waals surface area contributed by atoms with Crippen molar-refractivity contribution in [2.45, 2.75) is 45.4 Å². The largest absolute Gasteiger partial charge is 0.496 e. The monoisotopic (exact) mass is 279 g/mol. The van der Waals surface area contributed by atoms with Crippen molar-refractivity contribution in [2.24, 2.45) is 0 Å². The molecule has 0 aromatic heterocycles. The topological polar surface area (TPSA) is 39.7 Å². The molecule has 4 nitrogen and oxygen atoms in total. The highest BCUT2D eigenvalue weighted by Crippen LogP contribution is 2.34. The molecule has 0 radical (unpaired) electrons. The van der Waals surface area contributed by atoms with Crippen molar-refractivity contribution in [3.05, 3.63) is 23.3 Å². The second-order valence-corrected chi connectivity index (χ2v) is 5.97. The van der Waals surface area contributed by atoms with E-state index >= 15 is 0 Å². The molecule has 4 heteroatoms. The van der Waals surface area contributed by atoms with Crippen molar-refractivity contribution >= 4 is 0 Å². The van der Waals surface area contributed by atoms with Gasteiger partial charge in [0.1, 0.15) is 17.6 Å². The Hall–Kier alpha value is -1.26. The summed E-state index contributed by atoms with van der Waals surface area (Å²) in [6.07, 6.45) is 1.21. The molecule has 0 fully saturated rings. The van der Waals surface area contributed by atoms with Gasteiger partial charge in [-0.05, 0) is 32.9 Å². The van der Waals surface area contributed by atoms with E-state index in [1.165, 1.54) is 5.56 Å². The first kappa shape index (κ1) is 15.1. The molecule has 1 aliphatic heterocycles. The van der Waals surface area contributed by atoms with E-state index < -0.39 is 0 Å². The lowest BCUT2D eigenvalue weighted by atomic mass is 10.1. The van der Waals surface area contributed by atoms with E-state index in [2.05, 4.69) is 38.2 Å². The predicted molar refractivity (Wildman–Crippen MR) is 79.6 cm³/mol. The van der Waals surface area contributed by atoms with E-state index in [0.29, 0.717) is 0 Å². The SMILES string of the molecule is COc1cc2c(cc1CNCC(C)(C)OC)OC(C)C2. The zero-order chi connectivity index (χ0) is 14.8. The molecule has 0 aliphatic carbocycles. The van der Waals surface area contributed by atoms with E-state index in [1.807, 2.05) is 0 Å². The summed E-state index contributed by atoms with van der Waals surface area (Å²) >= 11 is 0. The summed E-state index contributed by atoms with van der Waals surface area (Å²) < 4.78 is 16.7. The standard InChI is InChI=1S/C16H25NO3/c1-11-6-12-7-14(18-4)13(8-15(12)20-11)9-17-10-16(2,3)19-5/h7-8,11,17H,6,9-10H2,1-5H3. The summed E-state index contributed by atoms with van der Waals surface area (Å²) in [4.78, 5) is 0. The lowest BCUT2D eigenvalue weighted by Gasteiger charge is -2.23. The molecule has 0 saturated carbocycles. The molecule has 1 aromatic rings. The quantitative estimate of drug-likeness (QED) is 0.868. The fourth-order valence-corrected chi connectivity index (χ4v) is 2.38. The Morgan fingerprint density at radius 2 is 2.10 bits per heavy atom. The van der Waals surface area contributed by atoms with Crippen LogP contribution in [-0.2, 0) is 17.7 Å². The third kappa shape index (κ3) is 3.44.